The molecule has 11 heteroatoms. The van der Waals surface area contributed by atoms with E-state index in [1.165, 1.54) is 40.4 Å². The van der Waals surface area contributed by atoms with Crippen LogP contribution in [0.15, 0.2) is 121 Å². The van der Waals surface area contributed by atoms with Gasteiger partial charge in [0.1, 0.15) is 47.6 Å². The number of aryl methyl sites for hydroxylation is 2. The van der Waals surface area contributed by atoms with E-state index in [9.17, 15) is 14.7 Å². The van der Waals surface area contributed by atoms with Crippen LogP contribution in [0.3, 0.4) is 0 Å². The van der Waals surface area contributed by atoms with E-state index >= 15 is 0 Å². The van der Waals surface area contributed by atoms with Gasteiger partial charge in [-0.1, -0.05) is 72.8 Å². The maximum Gasteiger partial charge on any atom is 0.340 e. The molecule has 7 aliphatic rings. The highest BCUT2D eigenvalue weighted by Crippen LogP contribution is 2.61. The van der Waals surface area contributed by atoms with E-state index in [2.05, 4.69) is 39.8 Å². The van der Waals surface area contributed by atoms with E-state index in [4.69, 9.17) is 23.7 Å². The molecule has 7 heterocycles. The Kier molecular flexibility index (Phi) is 10.6. The summed E-state index contributed by atoms with van der Waals surface area (Å²) in [6.07, 6.45) is 8.38. The number of halogens is 1. The van der Waals surface area contributed by atoms with Crippen molar-refractivity contribution in [1.82, 2.24) is 4.58 Å². The van der Waals surface area contributed by atoms with E-state index in [0.717, 1.165) is 155 Å². The van der Waals surface area contributed by atoms with Crippen LogP contribution in [0.25, 0.3) is 27.1 Å². The second-order valence-corrected chi connectivity index (χ2v) is 19.9. The van der Waals surface area contributed by atoms with Crippen LogP contribution in [0.4, 0.5) is 5.69 Å². The lowest BCUT2D eigenvalue weighted by Crippen LogP contribution is -3.00. The van der Waals surface area contributed by atoms with Gasteiger partial charge in [0.05, 0.1) is 41.7 Å². The Hall–Kier alpha value is -7.82. The van der Waals surface area contributed by atoms with E-state index in [-0.39, 0.29) is 30.1 Å². The van der Waals surface area contributed by atoms with Gasteiger partial charge in [0.2, 0.25) is 5.36 Å². The lowest BCUT2D eigenvalue weighted by molar-refractivity contribution is -0.0000717. The second-order valence-electron chi connectivity index (χ2n) is 19.9. The molecule has 1 unspecified atom stereocenters. The van der Waals surface area contributed by atoms with E-state index in [1.807, 2.05) is 84.9 Å². The highest BCUT2D eigenvalue weighted by atomic mass is 35.5. The second kappa shape index (κ2) is 17.2. The minimum atomic E-state index is -1.11. The molecule has 0 amide bonds. The molecular formula is C62H51ClN2O8. The molecule has 7 aliphatic heterocycles. The van der Waals surface area contributed by atoms with Crippen LogP contribution in [0.2, 0.25) is 0 Å². The molecule has 8 aromatic carbocycles. The molecule has 0 fully saturated rings. The first-order chi connectivity index (χ1) is 35.4. The number of phenols is 1. The average Bonchev–Trinajstić information content (AvgIpc) is 3.72. The number of hydrogen-bond acceptors (Lipinski definition) is 9. The van der Waals surface area contributed by atoms with Crippen molar-refractivity contribution in [2.24, 2.45) is 0 Å². The fourth-order valence-electron chi connectivity index (χ4n) is 13.2. The van der Waals surface area contributed by atoms with Crippen molar-refractivity contribution in [3.63, 3.8) is 0 Å². The third kappa shape index (κ3) is 6.51. The predicted molar refractivity (Wildman–Crippen MR) is 276 cm³/mol. The summed E-state index contributed by atoms with van der Waals surface area (Å²) in [5.74, 6) is 3.29. The van der Waals surface area contributed by atoms with E-state index in [0.29, 0.717) is 22.3 Å². The fraction of sp³-hybridized carbons (Fsp3) is 0.242. The fourth-order valence-corrected chi connectivity index (χ4v) is 13.2. The molecule has 0 bridgehead atoms. The molecule has 0 saturated carbocycles. The summed E-state index contributed by atoms with van der Waals surface area (Å²) in [5, 5.41) is 16.9. The minimum Gasteiger partial charge on any atom is -1.00 e. The molecular weight excluding hydrogens is 936 g/mol. The molecule has 1 spiro atoms. The molecule has 364 valence electrons. The zero-order chi connectivity index (χ0) is 48.4. The van der Waals surface area contributed by atoms with Gasteiger partial charge in [-0.25, -0.2) is 14.2 Å². The van der Waals surface area contributed by atoms with Gasteiger partial charge in [-0.15, -0.1) is 0 Å². The van der Waals surface area contributed by atoms with Crippen molar-refractivity contribution in [2.45, 2.75) is 57.0 Å². The normalized spacial score (nSPS) is 17.9. The maximum absolute atomic E-state index is 13.3. The van der Waals surface area contributed by atoms with Gasteiger partial charge in [0.15, 0.2) is 5.60 Å². The number of hydrogen-bond donors (Lipinski definition) is 1. The Bertz CT molecular complexity index is 3860. The molecule has 10 nitrogen and oxygen atoms in total. The van der Waals surface area contributed by atoms with Crippen molar-refractivity contribution >= 4 is 44.7 Å². The number of carbonyl (C=O) groups is 2. The predicted octanol–water partition coefficient (Wildman–Crippen LogP) is 7.19. The van der Waals surface area contributed by atoms with Crippen molar-refractivity contribution < 1.29 is 50.8 Å². The summed E-state index contributed by atoms with van der Waals surface area (Å²) in [4.78, 5) is 28.7. The molecule has 0 aromatic heterocycles. The van der Waals surface area contributed by atoms with Crippen molar-refractivity contribution in [3.8, 4) is 34.5 Å². The van der Waals surface area contributed by atoms with Crippen LogP contribution in [0.5, 0.6) is 34.5 Å². The highest BCUT2D eigenvalue weighted by molar-refractivity contribution is 6.05. The Morgan fingerprint density at radius 3 is 2.19 bits per heavy atom. The molecule has 73 heavy (non-hydrogen) atoms. The third-order valence-electron chi connectivity index (χ3n) is 16.2. The number of carbonyl (C=O) groups excluding carboxylic acids is 2. The van der Waals surface area contributed by atoms with Gasteiger partial charge in [0.25, 0.3) is 0 Å². The van der Waals surface area contributed by atoms with Gasteiger partial charge in [-0.3, -0.25) is 0 Å². The zero-order valence-electron chi connectivity index (χ0n) is 40.6. The number of ether oxygens (including phenoxy) is 5. The van der Waals surface area contributed by atoms with Gasteiger partial charge < -0.3 is 46.1 Å². The Labute approximate surface area is 428 Å². The molecule has 0 saturated heterocycles. The number of esters is 2. The topological polar surface area (TPSA) is 107 Å². The number of benzene rings is 8. The van der Waals surface area contributed by atoms with E-state index in [1.54, 1.807) is 13.2 Å². The first kappa shape index (κ1) is 45.1. The SMILES string of the molecule is COC(=O)c1ccccc1C1=c2cc3c4c(c2Oc2c1ccc1cccc(OC)c21)CCC[N+]=4CCC3.O=C1OC2(c3ccccc31)c1cc3c4c(c1Oc1c2ccc2cccc(O)c12)CCCN4CCC3.[Cl-]. The Morgan fingerprint density at radius 1 is 0.644 bits per heavy atom. The van der Waals surface area contributed by atoms with Gasteiger partial charge >= 0.3 is 11.9 Å². The third-order valence-corrected chi connectivity index (χ3v) is 16.2. The number of nitrogens with zero attached hydrogens (tertiary/aromatic N) is 2. The van der Waals surface area contributed by atoms with Gasteiger partial charge in [0, 0.05) is 75.8 Å². The monoisotopic (exact) mass is 986 g/mol. The molecule has 15 rings (SSSR count). The summed E-state index contributed by atoms with van der Waals surface area (Å²) in [6.45, 7) is 4.30. The lowest BCUT2D eigenvalue weighted by atomic mass is 9.74. The molecule has 0 radical (unpaired) electrons. The smallest absolute Gasteiger partial charge is 0.340 e. The number of methoxy groups -OCH3 is 2. The van der Waals surface area contributed by atoms with Crippen LogP contribution in [-0.2, 0) is 40.8 Å². The standard InChI is InChI=1S/C32H28NO4.C30H23NO4.ClH/c1-35-26-13-5-8-19-14-15-23-28(21-10-3-4-11-22(21)32(34)36-2)25-18-20-9-6-16-33-17-7-12-24(29(20)33)30(25)37-31(23)27(19)26;32-24-11-3-6-17-12-13-22-28(25(17)24)34-27-20-9-5-15-31-14-4-7-18(26(20)31)16-23(27)30(22)21-10-2-1-8-19(21)29(33)35-30;/h3-5,8,10-11,13-15,18H,6-7,9,12,16-17H2,1-2H3;1-3,6,8,10-13,16,32H,4-5,7,9,14-15H2;1H/q+1;;/p-1. The number of aromatic hydroxyl groups is 1. The summed E-state index contributed by atoms with van der Waals surface area (Å²) in [5.41, 5.74) is 11.8. The number of rotatable bonds is 3. The van der Waals surface area contributed by atoms with Crippen molar-refractivity contribution in [3.05, 3.63) is 193 Å². The molecule has 1 atom stereocenters. The highest BCUT2D eigenvalue weighted by Gasteiger charge is 2.55. The summed E-state index contributed by atoms with van der Waals surface area (Å²) in [6, 6.07) is 39.6. The maximum atomic E-state index is 13.3. The van der Waals surface area contributed by atoms with Crippen LogP contribution in [0.1, 0.15) is 96.5 Å². The summed E-state index contributed by atoms with van der Waals surface area (Å²) >= 11 is 0. The molecule has 0 aliphatic carbocycles. The van der Waals surface area contributed by atoms with Crippen LogP contribution >= 0.6 is 0 Å². The summed E-state index contributed by atoms with van der Waals surface area (Å²) < 4.78 is 33.7. The number of fused-ring (bicyclic) bond motifs is 14. The van der Waals surface area contributed by atoms with Crippen molar-refractivity contribution in [2.75, 3.05) is 45.3 Å². The van der Waals surface area contributed by atoms with Crippen molar-refractivity contribution in [1.29, 1.82) is 0 Å². The quantitative estimate of drug-likeness (QED) is 0.146. The van der Waals surface area contributed by atoms with Gasteiger partial charge in [-0.2, -0.15) is 0 Å². The first-order valence-corrected chi connectivity index (χ1v) is 25.3. The van der Waals surface area contributed by atoms with Gasteiger partial charge in [-0.05, 0) is 109 Å². The Morgan fingerprint density at radius 2 is 1.36 bits per heavy atom. The average molecular weight is 988 g/mol. The Balaban J connectivity index is 0.000000140. The van der Waals surface area contributed by atoms with E-state index < -0.39 is 5.60 Å². The lowest BCUT2D eigenvalue weighted by Gasteiger charge is -2.43. The van der Waals surface area contributed by atoms with Crippen LogP contribution in [-0.4, -0.2) is 57.4 Å². The van der Waals surface area contributed by atoms with Crippen LogP contribution < -0.4 is 46.7 Å². The number of anilines is 1. The molecule has 8 aromatic rings. The first-order valence-electron chi connectivity index (χ1n) is 25.3. The minimum absolute atomic E-state index is 0. The zero-order valence-corrected chi connectivity index (χ0v) is 41.4. The largest absolute Gasteiger partial charge is 1.00 e. The number of phenolic OH excluding ortho intramolecular Hbond substituents is 1. The summed E-state index contributed by atoms with van der Waals surface area (Å²) in [7, 11) is 3.13. The van der Waals surface area contributed by atoms with Crippen LogP contribution in [0, 0.1) is 0 Å². The molecule has 1 N–H and O–H groups in total.